The van der Waals surface area contributed by atoms with Gasteiger partial charge >= 0.3 is 5.97 Å². The van der Waals surface area contributed by atoms with Crippen molar-refractivity contribution in [3.05, 3.63) is 0 Å². The number of carbonyl (C=O) groups excluding carboxylic acids is 1. The summed E-state index contributed by atoms with van der Waals surface area (Å²) in [6.07, 6.45) is 0.863. The molecule has 0 heterocycles. The monoisotopic (exact) mass is 186 g/mol. The van der Waals surface area contributed by atoms with E-state index in [2.05, 4.69) is 4.74 Å². The average Bonchev–Trinajstić information content (AvgIpc) is 1.83. The molecule has 0 aliphatic rings. The van der Waals surface area contributed by atoms with Gasteiger partial charge in [0.15, 0.2) is 9.84 Å². The predicted octanol–water partition coefficient (Wildman–Crippen LogP) is -0.231. The molecule has 0 aromatic heterocycles. The van der Waals surface area contributed by atoms with E-state index < -0.39 is 20.5 Å². The van der Waals surface area contributed by atoms with E-state index in [1.54, 1.807) is 0 Å². The van der Waals surface area contributed by atoms with Crippen LogP contribution >= 0.6 is 11.6 Å². The molecule has 0 bridgehead atoms. The van der Waals surface area contributed by atoms with Gasteiger partial charge in [0.25, 0.3) is 0 Å². The first-order valence-corrected chi connectivity index (χ1v) is 4.69. The first kappa shape index (κ1) is 9.71. The summed E-state index contributed by atoms with van der Waals surface area (Å²) < 4.78 is 23.5. The lowest BCUT2D eigenvalue weighted by molar-refractivity contribution is -0.138. The lowest BCUT2D eigenvalue weighted by atomic mass is 10.8. The predicted molar refractivity (Wildman–Crippen MR) is 36.5 cm³/mol. The fourth-order valence-corrected chi connectivity index (χ4v) is 0.802. The Balaban J connectivity index is 4.39. The molecule has 0 saturated carbocycles. The number of rotatable bonds is 2. The third-order valence-corrected chi connectivity index (χ3v) is 2.86. The van der Waals surface area contributed by atoms with Crippen LogP contribution in [0, 0.1) is 0 Å². The lowest BCUT2D eigenvalue weighted by Crippen LogP contribution is -2.24. The van der Waals surface area contributed by atoms with Crippen LogP contribution in [-0.2, 0) is 19.4 Å². The molecule has 0 radical (unpaired) electrons. The SMILES string of the molecule is COC(=O)C(Cl)S(C)(=O)=O. The average molecular weight is 187 g/mol. The zero-order chi connectivity index (χ0) is 8.36. The van der Waals surface area contributed by atoms with Gasteiger partial charge in [-0.2, -0.15) is 0 Å². The van der Waals surface area contributed by atoms with Gasteiger partial charge in [-0.1, -0.05) is 11.6 Å². The second kappa shape index (κ2) is 3.21. The Hall–Kier alpha value is -0.290. The van der Waals surface area contributed by atoms with Crippen LogP contribution in [0.1, 0.15) is 0 Å². The van der Waals surface area contributed by atoms with Gasteiger partial charge in [0.1, 0.15) is 0 Å². The molecule has 0 saturated heterocycles. The van der Waals surface area contributed by atoms with Crippen LogP contribution in [0.3, 0.4) is 0 Å². The molecule has 60 valence electrons. The van der Waals surface area contributed by atoms with Gasteiger partial charge in [-0.25, -0.2) is 13.2 Å². The minimum Gasteiger partial charge on any atom is -0.467 e. The number of hydrogen-bond acceptors (Lipinski definition) is 4. The molecule has 10 heavy (non-hydrogen) atoms. The van der Waals surface area contributed by atoms with E-state index in [4.69, 9.17) is 11.6 Å². The largest absolute Gasteiger partial charge is 0.467 e. The highest BCUT2D eigenvalue weighted by atomic mass is 35.5. The second-order valence-electron chi connectivity index (χ2n) is 1.67. The zero-order valence-corrected chi connectivity index (χ0v) is 7.07. The van der Waals surface area contributed by atoms with Crippen LogP contribution in [0.15, 0.2) is 0 Å². The molecule has 0 aromatic carbocycles. The summed E-state index contributed by atoms with van der Waals surface area (Å²) in [5.41, 5.74) is 0. The Morgan fingerprint density at radius 1 is 1.60 bits per heavy atom. The summed E-state index contributed by atoms with van der Waals surface area (Å²) in [7, 11) is -2.45. The van der Waals surface area contributed by atoms with Crippen molar-refractivity contribution in [3.8, 4) is 0 Å². The van der Waals surface area contributed by atoms with Gasteiger partial charge in [-0.15, -0.1) is 0 Å². The molecule has 0 rings (SSSR count). The molecular weight excluding hydrogens is 180 g/mol. The molecule has 6 heteroatoms. The summed E-state index contributed by atoms with van der Waals surface area (Å²) in [5.74, 6) is -0.954. The molecular formula is C4H7ClO4S. The summed E-state index contributed by atoms with van der Waals surface area (Å²) in [6.45, 7) is 0. The Kier molecular flexibility index (Phi) is 3.11. The fraction of sp³-hybridized carbons (Fsp3) is 0.750. The van der Waals surface area contributed by atoms with E-state index >= 15 is 0 Å². The molecule has 1 unspecified atom stereocenters. The second-order valence-corrected chi connectivity index (χ2v) is 4.49. The number of ether oxygens (including phenoxy) is 1. The molecule has 4 nitrogen and oxygen atoms in total. The Morgan fingerprint density at radius 3 is 2.10 bits per heavy atom. The Morgan fingerprint density at radius 2 is 2.00 bits per heavy atom. The van der Waals surface area contributed by atoms with Crippen LogP contribution in [0.25, 0.3) is 0 Å². The number of sulfone groups is 1. The molecule has 1 atom stereocenters. The summed E-state index contributed by atoms with van der Waals surface area (Å²) >= 11 is 5.15. The number of methoxy groups -OCH3 is 1. The molecule has 0 aliphatic heterocycles. The van der Waals surface area contributed by atoms with Crippen molar-refractivity contribution in [1.82, 2.24) is 0 Å². The van der Waals surface area contributed by atoms with Crippen molar-refractivity contribution >= 4 is 27.4 Å². The summed E-state index contributed by atoms with van der Waals surface area (Å²) in [6, 6.07) is 0. The van der Waals surface area contributed by atoms with E-state index in [1.807, 2.05) is 0 Å². The van der Waals surface area contributed by atoms with Crippen molar-refractivity contribution in [3.63, 3.8) is 0 Å². The van der Waals surface area contributed by atoms with Crippen molar-refractivity contribution in [2.75, 3.05) is 13.4 Å². The highest BCUT2D eigenvalue weighted by Gasteiger charge is 2.26. The number of halogens is 1. The van der Waals surface area contributed by atoms with Gasteiger partial charge < -0.3 is 4.74 Å². The van der Waals surface area contributed by atoms with Gasteiger partial charge in [-0.05, 0) is 0 Å². The molecule has 0 aromatic rings. The van der Waals surface area contributed by atoms with Crippen LogP contribution in [-0.4, -0.2) is 32.5 Å². The van der Waals surface area contributed by atoms with Gasteiger partial charge in [0.05, 0.1) is 7.11 Å². The number of hydrogen-bond donors (Lipinski definition) is 0. The molecule has 0 aliphatic carbocycles. The van der Waals surface area contributed by atoms with Crippen LogP contribution in [0.5, 0.6) is 0 Å². The minimum atomic E-state index is -3.52. The fourth-order valence-electron chi connectivity index (χ4n) is 0.267. The third-order valence-electron chi connectivity index (χ3n) is 0.762. The van der Waals surface area contributed by atoms with E-state index in [0.717, 1.165) is 13.4 Å². The van der Waals surface area contributed by atoms with E-state index in [-0.39, 0.29) is 0 Å². The quantitative estimate of drug-likeness (QED) is 0.442. The zero-order valence-electron chi connectivity index (χ0n) is 5.50. The lowest BCUT2D eigenvalue weighted by Gasteiger charge is -2.02. The smallest absolute Gasteiger partial charge is 0.339 e. The maximum atomic E-state index is 10.5. The first-order chi connectivity index (χ1) is 4.39. The standard InChI is InChI=1S/C4H7ClO4S/c1-9-4(6)3(5)10(2,7)8/h3H,1-2H3. The molecule has 0 amide bonds. The summed E-state index contributed by atoms with van der Waals surface area (Å²) in [5, 5.41) is 0. The number of esters is 1. The Bertz CT molecular complexity index is 219. The highest BCUT2D eigenvalue weighted by Crippen LogP contribution is 2.05. The van der Waals surface area contributed by atoms with Gasteiger partial charge in [0, 0.05) is 6.26 Å². The molecule has 0 N–H and O–H groups in total. The third kappa shape index (κ3) is 2.53. The van der Waals surface area contributed by atoms with Crippen molar-refractivity contribution in [2.24, 2.45) is 0 Å². The number of alkyl halides is 1. The van der Waals surface area contributed by atoms with E-state index in [9.17, 15) is 13.2 Å². The topological polar surface area (TPSA) is 60.4 Å². The number of carbonyl (C=O) groups is 1. The maximum Gasteiger partial charge on any atom is 0.339 e. The first-order valence-electron chi connectivity index (χ1n) is 2.30. The van der Waals surface area contributed by atoms with Crippen LogP contribution in [0.2, 0.25) is 0 Å². The van der Waals surface area contributed by atoms with Crippen molar-refractivity contribution in [2.45, 2.75) is 4.71 Å². The van der Waals surface area contributed by atoms with Gasteiger partial charge in [0.2, 0.25) is 4.71 Å². The van der Waals surface area contributed by atoms with E-state index in [0.29, 0.717) is 0 Å². The Labute approximate surface area is 64.0 Å². The van der Waals surface area contributed by atoms with Gasteiger partial charge in [-0.3, -0.25) is 0 Å². The molecule has 0 spiro atoms. The maximum absolute atomic E-state index is 10.5. The van der Waals surface area contributed by atoms with Crippen LogP contribution in [0.4, 0.5) is 0 Å². The van der Waals surface area contributed by atoms with Crippen molar-refractivity contribution < 1.29 is 17.9 Å². The van der Waals surface area contributed by atoms with E-state index in [1.165, 1.54) is 0 Å². The minimum absolute atomic E-state index is 0.863. The van der Waals surface area contributed by atoms with Crippen molar-refractivity contribution in [1.29, 1.82) is 0 Å². The molecule has 0 fully saturated rings. The van der Waals surface area contributed by atoms with Crippen LogP contribution < -0.4 is 0 Å². The normalized spacial score (nSPS) is 14.3. The highest BCUT2D eigenvalue weighted by molar-refractivity contribution is 7.93. The summed E-state index contributed by atoms with van der Waals surface area (Å²) in [4.78, 5) is 10.4.